The maximum absolute atomic E-state index is 13.4. The third-order valence-electron chi connectivity index (χ3n) is 6.21. The molecule has 1 aliphatic carbocycles. The molecule has 1 saturated carbocycles. The highest BCUT2D eigenvalue weighted by atomic mass is 35.5. The minimum absolute atomic E-state index is 0.261. The second-order valence-corrected chi connectivity index (χ2v) is 10.7. The van der Waals surface area contributed by atoms with Gasteiger partial charge in [-0.05, 0) is 43.2 Å². The number of nitrogens with zero attached hydrogens (tertiary/aromatic N) is 5. The summed E-state index contributed by atoms with van der Waals surface area (Å²) >= 11 is 5.89. The van der Waals surface area contributed by atoms with Crippen LogP contribution >= 0.6 is 11.6 Å². The van der Waals surface area contributed by atoms with E-state index in [0.29, 0.717) is 30.4 Å². The molecule has 2 aromatic heterocycles. The molecule has 0 radical (unpaired) electrons. The third-order valence-corrected chi connectivity index (χ3v) is 8.56. The first-order valence-electron chi connectivity index (χ1n) is 10.5. The fourth-order valence-electron chi connectivity index (χ4n) is 4.27. The molecule has 3 heterocycles. The highest BCUT2D eigenvalue weighted by Crippen LogP contribution is 2.47. The average Bonchev–Trinajstić information content (AvgIpc) is 3.35. The van der Waals surface area contributed by atoms with Gasteiger partial charge in [0.2, 0.25) is 0 Å². The largest absolute Gasteiger partial charge is 0.492 e. The highest BCUT2D eigenvalue weighted by molar-refractivity contribution is 7.86. The van der Waals surface area contributed by atoms with Gasteiger partial charge in [-0.2, -0.15) is 17.0 Å². The van der Waals surface area contributed by atoms with Crippen molar-refractivity contribution in [3.63, 3.8) is 0 Å². The summed E-state index contributed by atoms with van der Waals surface area (Å²) in [6.07, 6.45) is 5.08. The van der Waals surface area contributed by atoms with E-state index in [0.717, 1.165) is 29.7 Å². The molecular formula is C21H25ClN6O3S. The van der Waals surface area contributed by atoms with Crippen LogP contribution < -0.4 is 9.64 Å². The Morgan fingerprint density at radius 1 is 1.19 bits per heavy atom. The van der Waals surface area contributed by atoms with Gasteiger partial charge in [0.25, 0.3) is 10.2 Å². The van der Waals surface area contributed by atoms with Gasteiger partial charge >= 0.3 is 0 Å². The van der Waals surface area contributed by atoms with Gasteiger partial charge in [-0.25, -0.2) is 9.97 Å². The van der Waals surface area contributed by atoms with Crippen LogP contribution in [0.3, 0.4) is 0 Å². The first-order chi connectivity index (χ1) is 15.4. The molecule has 9 nitrogen and oxygen atoms in total. The Labute approximate surface area is 192 Å². The molecule has 2 fully saturated rings. The van der Waals surface area contributed by atoms with E-state index in [2.05, 4.69) is 19.9 Å². The van der Waals surface area contributed by atoms with Crippen molar-refractivity contribution in [1.29, 1.82) is 0 Å². The molecule has 1 aromatic carbocycles. The molecule has 32 heavy (non-hydrogen) atoms. The molecule has 5 rings (SSSR count). The zero-order valence-electron chi connectivity index (χ0n) is 17.7. The zero-order valence-corrected chi connectivity index (χ0v) is 19.3. The second kappa shape index (κ2) is 8.18. The van der Waals surface area contributed by atoms with Crippen molar-refractivity contribution in [2.75, 3.05) is 44.7 Å². The maximum Gasteiger partial charge on any atom is 0.282 e. The van der Waals surface area contributed by atoms with Gasteiger partial charge < -0.3 is 14.6 Å². The van der Waals surface area contributed by atoms with Crippen molar-refractivity contribution in [3.05, 3.63) is 47.9 Å². The summed E-state index contributed by atoms with van der Waals surface area (Å²) in [4.78, 5) is 14.0. The first kappa shape index (κ1) is 21.4. The SMILES string of the molecule is CN(CCOc1ccc(Cl)cc1)S(=O)(=O)N1CCN(c2ncnc3[nH]ccc23)CC12CC2. The van der Waals surface area contributed by atoms with E-state index >= 15 is 0 Å². The predicted octanol–water partition coefficient (Wildman–Crippen LogP) is 2.52. The van der Waals surface area contributed by atoms with Crippen LogP contribution in [0.4, 0.5) is 5.82 Å². The molecule has 3 aromatic rings. The number of piperazine rings is 1. The van der Waals surface area contributed by atoms with Gasteiger partial charge in [0.1, 0.15) is 30.1 Å². The minimum Gasteiger partial charge on any atom is -0.492 e. The number of anilines is 1. The standard InChI is InChI=1S/C21H25ClN6O3S/c1-26(12-13-31-17-4-2-16(22)3-5-17)32(29,30)28-11-10-27(14-21(28)7-8-21)20-18-6-9-23-19(18)24-15-25-20/h2-6,9,15H,7-8,10-14H2,1H3,(H,23,24,25). The van der Waals surface area contributed by atoms with E-state index in [1.807, 2.05) is 12.3 Å². The summed E-state index contributed by atoms with van der Waals surface area (Å²) in [6.45, 7) is 2.14. The summed E-state index contributed by atoms with van der Waals surface area (Å²) in [5.74, 6) is 1.51. The van der Waals surface area contributed by atoms with Gasteiger partial charge in [0.15, 0.2) is 0 Å². The molecule has 0 bridgehead atoms. The molecule has 0 amide bonds. The van der Waals surface area contributed by atoms with Crippen molar-refractivity contribution in [2.24, 2.45) is 0 Å². The Morgan fingerprint density at radius 3 is 2.72 bits per heavy atom. The fraction of sp³-hybridized carbons (Fsp3) is 0.429. The lowest BCUT2D eigenvalue weighted by atomic mass is 10.2. The number of nitrogens with one attached hydrogen (secondary N) is 1. The van der Waals surface area contributed by atoms with Gasteiger partial charge in [-0.3, -0.25) is 0 Å². The monoisotopic (exact) mass is 476 g/mol. The molecule has 0 atom stereocenters. The molecule has 0 unspecified atom stereocenters. The number of ether oxygens (including phenoxy) is 1. The van der Waals surface area contributed by atoms with E-state index in [-0.39, 0.29) is 18.7 Å². The van der Waals surface area contributed by atoms with Crippen LogP contribution in [0.5, 0.6) is 5.75 Å². The minimum atomic E-state index is -3.61. The van der Waals surface area contributed by atoms with E-state index in [1.54, 1.807) is 41.9 Å². The molecule has 1 spiro atoms. The van der Waals surface area contributed by atoms with Crippen molar-refractivity contribution in [2.45, 2.75) is 18.4 Å². The summed E-state index contributed by atoms with van der Waals surface area (Å²) < 4.78 is 35.5. The normalized spacial score (nSPS) is 18.5. The van der Waals surface area contributed by atoms with Crippen molar-refractivity contribution >= 4 is 38.7 Å². The lowest BCUT2D eigenvalue weighted by Gasteiger charge is -2.43. The van der Waals surface area contributed by atoms with Crippen molar-refractivity contribution in [3.8, 4) is 5.75 Å². The Morgan fingerprint density at radius 2 is 1.97 bits per heavy atom. The van der Waals surface area contributed by atoms with Crippen LogP contribution in [0.1, 0.15) is 12.8 Å². The van der Waals surface area contributed by atoms with Crippen LogP contribution in [-0.4, -0.2) is 77.4 Å². The quantitative estimate of drug-likeness (QED) is 0.563. The van der Waals surface area contributed by atoms with Gasteiger partial charge in [-0.1, -0.05) is 11.6 Å². The molecule has 1 saturated heterocycles. The topological polar surface area (TPSA) is 94.7 Å². The molecule has 1 N–H and O–H groups in total. The average molecular weight is 477 g/mol. The number of aromatic nitrogens is 3. The summed E-state index contributed by atoms with van der Waals surface area (Å²) in [5, 5.41) is 1.58. The number of likely N-dealkylation sites (N-methyl/N-ethyl adjacent to an activating group) is 1. The van der Waals surface area contributed by atoms with Crippen LogP contribution in [-0.2, 0) is 10.2 Å². The van der Waals surface area contributed by atoms with Gasteiger partial charge in [0.05, 0.1) is 10.9 Å². The Balaban J connectivity index is 1.25. The Kier molecular flexibility index (Phi) is 5.48. The Hall–Kier alpha value is -2.40. The molecular weight excluding hydrogens is 452 g/mol. The number of halogens is 1. The summed E-state index contributed by atoms with van der Waals surface area (Å²) in [7, 11) is -2.00. The maximum atomic E-state index is 13.4. The summed E-state index contributed by atoms with van der Waals surface area (Å²) in [6, 6.07) is 8.98. The second-order valence-electron chi connectivity index (χ2n) is 8.29. The van der Waals surface area contributed by atoms with Crippen LogP contribution in [0.2, 0.25) is 5.02 Å². The predicted molar refractivity (Wildman–Crippen MR) is 123 cm³/mol. The van der Waals surface area contributed by atoms with E-state index in [9.17, 15) is 8.42 Å². The van der Waals surface area contributed by atoms with Gasteiger partial charge in [-0.15, -0.1) is 0 Å². The number of rotatable bonds is 7. The number of benzene rings is 1. The van der Waals surface area contributed by atoms with Crippen LogP contribution in [0.15, 0.2) is 42.9 Å². The number of H-pyrrole nitrogens is 1. The van der Waals surface area contributed by atoms with E-state index < -0.39 is 10.2 Å². The number of fused-ring (bicyclic) bond motifs is 1. The fourth-order valence-corrected chi connectivity index (χ4v) is 6.08. The smallest absolute Gasteiger partial charge is 0.282 e. The molecule has 2 aliphatic rings. The zero-order chi connectivity index (χ0) is 22.3. The third kappa shape index (κ3) is 3.92. The Bertz CT molecular complexity index is 1210. The number of hydrogen-bond donors (Lipinski definition) is 1. The highest BCUT2D eigenvalue weighted by Gasteiger charge is 2.56. The number of aromatic amines is 1. The van der Waals surface area contributed by atoms with Crippen molar-refractivity contribution < 1.29 is 13.2 Å². The van der Waals surface area contributed by atoms with Gasteiger partial charge in [0, 0.05) is 44.4 Å². The first-order valence-corrected chi connectivity index (χ1v) is 12.3. The summed E-state index contributed by atoms with van der Waals surface area (Å²) in [5.41, 5.74) is 0.408. The lowest BCUT2D eigenvalue weighted by molar-refractivity contribution is 0.237. The van der Waals surface area contributed by atoms with Crippen molar-refractivity contribution in [1.82, 2.24) is 23.6 Å². The van der Waals surface area contributed by atoms with Crippen LogP contribution in [0, 0.1) is 0 Å². The van der Waals surface area contributed by atoms with E-state index in [4.69, 9.17) is 16.3 Å². The molecule has 170 valence electrons. The number of hydrogen-bond acceptors (Lipinski definition) is 6. The van der Waals surface area contributed by atoms with Crippen LogP contribution in [0.25, 0.3) is 11.0 Å². The molecule has 11 heteroatoms. The lowest BCUT2D eigenvalue weighted by Crippen LogP contribution is -2.60. The molecule has 1 aliphatic heterocycles. The van der Waals surface area contributed by atoms with E-state index in [1.165, 1.54) is 4.31 Å².